The van der Waals surface area contributed by atoms with Crippen LogP contribution in [-0.4, -0.2) is 45.3 Å². The van der Waals surface area contributed by atoms with Crippen LogP contribution in [0.2, 0.25) is 0 Å². The second-order valence-corrected chi connectivity index (χ2v) is 6.91. The minimum atomic E-state index is -0.898. The number of carbonyl (C=O) groups is 3. The van der Waals surface area contributed by atoms with E-state index in [2.05, 4.69) is 10.7 Å². The van der Waals surface area contributed by atoms with Gasteiger partial charge in [0.15, 0.2) is 5.11 Å². The van der Waals surface area contributed by atoms with Crippen LogP contribution in [0.3, 0.4) is 0 Å². The number of hydrogen-bond acceptors (Lipinski definition) is 4. The Kier molecular flexibility index (Phi) is 6.56. The van der Waals surface area contributed by atoms with Gasteiger partial charge in [-0.1, -0.05) is 48.5 Å². The average Bonchev–Trinajstić information content (AvgIpc) is 2.94. The molecule has 1 heterocycles. The molecule has 3 amide bonds. The van der Waals surface area contributed by atoms with Gasteiger partial charge in [0.1, 0.15) is 6.04 Å². The second-order valence-electron chi connectivity index (χ2n) is 6.54. The fourth-order valence-corrected chi connectivity index (χ4v) is 3.40. The molecular formula is C21H22N4O3S. The van der Waals surface area contributed by atoms with Gasteiger partial charge >= 0.3 is 0 Å². The number of nitrogens with one attached hydrogen (secondary N) is 2. The summed E-state index contributed by atoms with van der Waals surface area (Å²) in [5, 5.41) is 4.17. The lowest BCUT2D eigenvalue weighted by molar-refractivity contribution is -0.132. The summed E-state index contributed by atoms with van der Waals surface area (Å²) < 4.78 is 0. The minimum absolute atomic E-state index is 0.104. The maximum absolute atomic E-state index is 13.1. The van der Waals surface area contributed by atoms with E-state index < -0.39 is 11.9 Å². The Bertz CT molecular complexity index is 905. The van der Waals surface area contributed by atoms with Gasteiger partial charge in [0.05, 0.1) is 13.0 Å². The summed E-state index contributed by atoms with van der Waals surface area (Å²) in [6.07, 6.45) is -0.104. The molecule has 2 aromatic carbocycles. The molecule has 7 nitrogen and oxygen atoms in total. The van der Waals surface area contributed by atoms with Gasteiger partial charge in [-0.25, -0.2) is 5.01 Å². The van der Waals surface area contributed by atoms with E-state index in [9.17, 15) is 14.4 Å². The van der Waals surface area contributed by atoms with E-state index >= 15 is 0 Å². The Balaban J connectivity index is 1.83. The quantitative estimate of drug-likeness (QED) is 0.681. The first kappa shape index (κ1) is 20.5. The standard InChI is InChI=1S/C21H22N4O3S/c1-2-22-18(26)13-17-20(28)24(14-15-9-5-3-6-10-15)21(29)25(17)23-19(27)16-11-7-4-8-12-16/h3-12,17H,2,13-14H2,1H3,(H,22,26)(H,23,27). The van der Waals surface area contributed by atoms with Gasteiger partial charge < -0.3 is 5.32 Å². The molecule has 1 atom stereocenters. The predicted octanol–water partition coefficient (Wildman–Crippen LogP) is 1.86. The number of benzene rings is 2. The highest BCUT2D eigenvalue weighted by Crippen LogP contribution is 2.22. The molecule has 0 aromatic heterocycles. The van der Waals surface area contributed by atoms with Gasteiger partial charge in [0, 0.05) is 12.1 Å². The number of rotatable bonds is 7. The van der Waals surface area contributed by atoms with Gasteiger partial charge in [-0.15, -0.1) is 0 Å². The lowest BCUT2D eigenvalue weighted by Crippen LogP contribution is -2.50. The van der Waals surface area contributed by atoms with Gasteiger partial charge in [0.2, 0.25) is 5.91 Å². The highest BCUT2D eigenvalue weighted by molar-refractivity contribution is 7.80. The average molecular weight is 410 g/mol. The van der Waals surface area contributed by atoms with E-state index in [4.69, 9.17) is 12.2 Å². The summed E-state index contributed by atoms with van der Waals surface area (Å²) in [5.74, 6) is -1.00. The van der Waals surface area contributed by atoms with Crippen LogP contribution in [0, 0.1) is 0 Å². The molecule has 0 saturated carbocycles. The molecule has 1 aliphatic heterocycles. The highest BCUT2D eigenvalue weighted by Gasteiger charge is 2.44. The molecule has 29 heavy (non-hydrogen) atoms. The SMILES string of the molecule is CCNC(=O)CC1C(=O)N(Cc2ccccc2)C(=S)N1NC(=O)c1ccccc1. The molecule has 0 bridgehead atoms. The van der Waals surface area contributed by atoms with Crippen molar-refractivity contribution < 1.29 is 14.4 Å². The van der Waals surface area contributed by atoms with Crippen LogP contribution in [0.25, 0.3) is 0 Å². The van der Waals surface area contributed by atoms with E-state index in [0.717, 1.165) is 5.56 Å². The molecule has 1 unspecified atom stereocenters. The van der Waals surface area contributed by atoms with Crippen LogP contribution in [0.4, 0.5) is 0 Å². The van der Waals surface area contributed by atoms with Gasteiger partial charge in [-0.2, -0.15) is 0 Å². The summed E-state index contributed by atoms with van der Waals surface area (Å²) in [6.45, 7) is 2.52. The molecule has 150 valence electrons. The van der Waals surface area contributed by atoms with Crippen molar-refractivity contribution in [3.05, 3.63) is 71.8 Å². The Labute approximate surface area is 174 Å². The zero-order valence-corrected chi connectivity index (χ0v) is 16.8. The molecule has 0 aliphatic carbocycles. The maximum Gasteiger partial charge on any atom is 0.269 e. The molecule has 0 radical (unpaired) electrons. The Morgan fingerprint density at radius 1 is 1.03 bits per heavy atom. The Morgan fingerprint density at radius 3 is 2.28 bits per heavy atom. The summed E-state index contributed by atoms with van der Waals surface area (Å²) in [6, 6.07) is 17.1. The van der Waals surface area contributed by atoms with Crippen LogP contribution in [-0.2, 0) is 16.1 Å². The molecule has 2 aromatic rings. The van der Waals surface area contributed by atoms with E-state index in [1.54, 1.807) is 37.3 Å². The third kappa shape index (κ3) is 4.78. The van der Waals surface area contributed by atoms with Crippen molar-refractivity contribution in [2.24, 2.45) is 0 Å². The van der Waals surface area contributed by atoms with Crippen LogP contribution in [0.15, 0.2) is 60.7 Å². The topological polar surface area (TPSA) is 81.8 Å². The van der Waals surface area contributed by atoms with Crippen molar-refractivity contribution >= 4 is 35.1 Å². The lowest BCUT2D eigenvalue weighted by atomic mass is 10.1. The van der Waals surface area contributed by atoms with Crippen molar-refractivity contribution in [3.63, 3.8) is 0 Å². The van der Waals surface area contributed by atoms with E-state index in [1.165, 1.54) is 9.91 Å². The van der Waals surface area contributed by atoms with Crippen LogP contribution in [0.5, 0.6) is 0 Å². The predicted molar refractivity (Wildman–Crippen MR) is 112 cm³/mol. The van der Waals surface area contributed by atoms with Crippen molar-refractivity contribution in [1.29, 1.82) is 0 Å². The molecule has 1 aliphatic rings. The van der Waals surface area contributed by atoms with Crippen LogP contribution in [0.1, 0.15) is 29.3 Å². The Morgan fingerprint density at radius 2 is 1.66 bits per heavy atom. The fraction of sp³-hybridized carbons (Fsp3) is 0.238. The largest absolute Gasteiger partial charge is 0.356 e. The molecular weight excluding hydrogens is 388 g/mol. The molecule has 2 N–H and O–H groups in total. The van der Waals surface area contributed by atoms with Crippen molar-refractivity contribution in [2.75, 3.05) is 6.54 Å². The second kappa shape index (κ2) is 9.29. The van der Waals surface area contributed by atoms with E-state index in [1.807, 2.05) is 30.3 Å². The van der Waals surface area contributed by atoms with Gasteiger partial charge in [-0.3, -0.25) is 24.7 Å². The van der Waals surface area contributed by atoms with Crippen molar-refractivity contribution in [1.82, 2.24) is 20.7 Å². The molecule has 1 saturated heterocycles. The first-order valence-corrected chi connectivity index (χ1v) is 9.73. The smallest absolute Gasteiger partial charge is 0.269 e. The number of amides is 3. The van der Waals surface area contributed by atoms with E-state index in [-0.39, 0.29) is 29.9 Å². The summed E-state index contributed by atoms with van der Waals surface area (Å²) in [5.41, 5.74) is 4.03. The number of hydrogen-bond donors (Lipinski definition) is 2. The van der Waals surface area contributed by atoms with Crippen LogP contribution < -0.4 is 10.7 Å². The number of hydrazine groups is 1. The summed E-state index contributed by atoms with van der Waals surface area (Å²) in [7, 11) is 0. The van der Waals surface area contributed by atoms with E-state index in [0.29, 0.717) is 12.1 Å². The summed E-state index contributed by atoms with van der Waals surface area (Å²) in [4.78, 5) is 39.3. The number of thiocarbonyl (C=S) groups is 1. The first-order chi connectivity index (χ1) is 14.0. The molecule has 1 fully saturated rings. The number of carbonyl (C=O) groups excluding carboxylic acids is 3. The molecule has 0 spiro atoms. The highest BCUT2D eigenvalue weighted by atomic mass is 32.1. The third-order valence-electron chi connectivity index (χ3n) is 4.49. The molecule has 3 rings (SSSR count). The lowest BCUT2D eigenvalue weighted by Gasteiger charge is -2.24. The normalized spacial score (nSPS) is 16.1. The fourth-order valence-electron chi connectivity index (χ4n) is 3.07. The number of nitrogens with zero attached hydrogens (tertiary/aromatic N) is 2. The zero-order chi connectivity index (χ0) is 20.8. The van der Waals surface area contributed by atoms with Gasteiger partial charge in [0.25, 0.3) is 11.8 Å². The maximum atomic E-state index is 13.1. The Hall–Kier alpha value is -3.26. The van der Waals surface area contributed by atoms with Crippen molar-refractivity contribution in [2.45, 2.75) is 25.9 Å². The first-order valence-electron chi connectivity index (χ1n) is 9.32. The third-order valence-corrected chi connectivity index (χ3v) is 4.91. The zero-order valence-electron chi connectivity index (χ0n) is 16.0. The summed E-state index contributed by atoms with van der Waals surface area (Å²) >= 11 is 5.49. The van der Waals surface area contributed by atoms with Crippen molar-refractivity contribution in [3.8, 4) is 0 Å². The van der Waals surface area contributed by atoms with Crippen LogP contribution >= 0.6 is 12.2 Å². The van der Waals surface area contributed by atoms with Gasteiger partial charge in [-0.05, 0) is 36.8 Å². The minimum Gasteiger partial charge on any atom is -0.356 e. The molecule has 8 heteroatoms. The monoisotopic (exact) mass is 410 g/mol.